The monoisotopic (exact) mass is 560 g/mol. The lowest BCUT2D eigenvalue weighted by molar-refractivity contribution is -0.274. The predicted octanol–water partition coefficient (Wildman–Crippen LogP) is 5.32. The van der Waals surface area contributed by atoms with E-state index in [0.717, 1.165) is 37.5 Å². The largest absolute Gasteiger partial charge is 0.573 e. The molecule has 1 N–H and O–H groups in total. The van der Waals surface area contributed by atoms with Crippen LogP contribution < -0.4 is 15.0 Å². The molecule has 2 rings (SSSR count). The molecule has 1 fully saturated rings. The summed E-state index contributed by atoms with van der Waals surface area (Å²) >= 11 is 5.35. The van der Waals surface area contributed by atoms with Crippen LogP contribution >= 0.6 is 11.6 Å². The Kier molecular flexibility index (Phi) is 9.91. The van der Waals surface area contributed by atoms with Gasteiger partial charge in [0, 0.05) is 31.6 Å². The summed E-state index contributed by atoms with van der Waals surface area (Å²) in [4.78, 5) is 33.6. The van der Waals surface area contributed by atoms with Crippen molar-refractivity contribution in [1.29, 1.82) is 0 Å². The van der Waals surface area contributed by atoms with Crippen LogP contribution in [0, 0.1) is 0 Å². The van der Waals surface area contributed by atoms with Gasteiger partial charge in [-0.05, 0) is 44.0 Å². The lowest BCUT2D eigenvalue weighted by Crippen LogP contribution is -2.62. The summed E-state index contributed by atoms with van der Waals surface area (Å²) in [6.07, 6.45) is -6.43. The first-order valence-corrected chi connectivity index (χ1v) is 11.3. The maximum Gasteiger partial charge on any atom is 0.573 e. The van der Waals surface area contributed by atoms with Crippen LogP contribution in [0.1, 0.15) is 39.0 Å². The molecule has 1 aromatic rings. The fourth-order valence-corrected chi connectivity index (χ4v) is 3.88. The molecule has 15 heteroatoms. The Labute approximate surface area is 212 Å². The molecule has 7 nitrogen and oxygen atoms in total. The molecule has 2 amide bonds. The summed E-state index contributed by atoms with van der Waals surface area (Å²) in [5, 5.41) is 2.48. The second-order valence-electron chi connectivity index (χ2n) is 8.45. The van der Waals surface area contributed by atoms with Crippen LogP contribution in [0.3, 0.4) is 0 Å². The van der Waals surface area contributed by atoms with Crippen LogP contribution in [0.2, 0.25) is 0 Å². The molecule has 37 heavy (non-hydrogen) atoms. The van der Waals surface area contributed by atoms with E-state index in [2.05, 4.69) is 20.0 Å². The first kappa shape index (κ1) is 30.3. The Hall–Kier alpha value is -2.90. The van der Waals surface area contributed by atoms with Crippen LogP contribution in [0.5, 0.6) is 5.75 Å². The molecule has 0 radical (unpaired) electrons. The van der Waals surface area contributed by atoms with E-state index >= 15 is 0 Å². The number of carbonyl (C=O) groups is 2. The minimum atomic E-state index is -5.02. The van der Waals surface area contributed by atoms with E-state index < -0.39 is 72.3 Å². The number of hydrogen-bond donors (Lipinski definition) is 1. The molecular weight excluding hydrogens is 537 g/mol. The number of amides is 2. The summed E-state index contributed by atoms with van der Waals surface area (Å²) in [5.74, 6) is -7.39. The highest BCUT2D eigenvalue weighted by atomic mass is 35.5. The second-order valence-corrected chi connectivity index (χ2v) is 8.83. The van der Waals surface area contributed by atoms with E-state index in [0.29, 0.717) is 4.90 Å². The standard InChI is InChI=1S/C22H24ClF7N4O3/c1-20(11-16(24)32-12-31-2,19(36)33-13-7-9-21(26,27)10-8-13)34(18(35)17(23)25)14-3-5-15(6-4-14)37-22(28,29)30/h3-6,12-13,17H,7-11H2,1-2H3,(H,33,36)/b31-12-,32-16+/t17-,20+/m0/s1. The lowest BCUT2D eigenvalue weighted by atomic mass is 9.89. The van der Waals surface area contributed by atoms with Crippen LogP contribution in [0.15, 0.2) is 34.3 Å². The van der Waals surface area contributed by atoms with Crippen molar-refractivity contribution in [2.24, 2.45) is 9.98 Å². The van der Waals surface area contributed by atoms with Gasteiger partial charge in [-0.25, -0.2) is 18.2 Å². The third kappa shape index (κ3) is 8.58. The second kappa shape index (κ2) is 12.1. The van der Waals surface area contributed by atoms with Crippen molar-refractivity contribution in [3.05, 3.63) is 24.3 Å². The quantitative estimate of drug-likeness (QED) is 0.192. The van der Waals surface area contributed by atoms with Crippen molar-refractivity contribution in [2.75, 3.05) is 11.9 Å². The normalized spacial score (nSPS) is 19.2. The van der Waals surface area contributed by atoms with Crippen molar-refractivity contribution < 1.29 is 45.1 Å². The van der Waals surface area contributed by atoms with Crippen molar-refractivity contribution in [3.63, 3.8) is 0 Å². The topological polar surface area (TPSA) is 83.4 Å². The molecule has 0 aliphatic heterocycles. The number of alkyl halides is 7. The number of hydrogen-bond acceptors (Lipinski definition) is 4. The molecule has 1 aliphatic rings. The van der Waals surface area contributed by atoms with Gasteiger partial charge in [-0.1, -0.05) is 11.6 Å². The number of benzene rings is 1. The Bertz CT molecular complexity index is 1010. The molecule has 2 atom stereocenters. The highest BCUT2D eigenvalue weighted by Crippen LogP contribution is 2.35. The molecule has 206 valence electrons. The van der Waals surface area contributed by atoms with Crippen molar-refractivity contribution in [1.82, 2.24) is 5.32 Å². The van der Waals surface area contributed by atoms with Gasteiger partial charge in [0.25, 0.3) is 11.5 Å². The van der Waals surface area contributed by atoms with E-state index in [9.17, 15) is 40.3 Å². The third-order valence-electron chi connectivity index (χ3n) is 5.57. The number of anilines is 1. The maximum atomic E-state index is 14.7. The minimum absolute atomic E-state index is 0.119. The predicted molar refractivity (Wildman–Crippen MR) is 123 cm³/mol. The fraction of sp³-hybridized carbons (Fsp3) is 0.545. The number of halogens is 8. The molecule has 0 saturated heterocycles. The molecular formula is C22H24ClF7N4O3. The minimum Gasteiger partial charge on any atom is -0.406 e. The van der Waals surface area contributed by atoms with E-state index in [1.54, 1.807) is 0 Å². The van der Waals surface area contributed by atoms with Gasteiger partial charge in [-0.15, -0.1) is 13.2 Å². The summed E-state index contributed by atoms with van der Waals surface area (Å²) < 4.78 is 97.2. The smallest absolute Gasteiger partial charge is 0.406 e. The summed E-state index contributed by atoms with van der Waals surface area (Å²) in [7, 11) is 1.28. The lowest BCUT2D eigenvalue weighted by Gasteiger charge is -2.41. The number of aliphatic imine (C=N–C) groups is 2. The van der Waals surface area contributed by atoms with E-state index in [-0.39, 0.29) is 18.5 Å². The average Bonchev–Trinajstić information content (AvgIpc) is 2.79. The highest BCUT2D eigenvalue weighted by Gasteiger charge is 2.47. The van der Waals surface area contributed by atoms with Crippen molar-refractivity contribution >= 4 is 41.4 Å². The molecule has 1 aliphatic carbocycles. The van der Waals surface area contributed by atoms with Crippen LogP contribution in [-0.2, 0) is 9.59 Å². The third-order valence-corrected chi connectivity index (χ3v) is 5.76. The average molecular weight is 561 g/mol. The van der Waals surface area contributed by atoms with Gasteiger partial charge >= 0.3 is 6.36 Å². The number of nitrogens with zero attached hydrogens (tertiary/aromatic N) is 3. The Morgan fingerprint density at radius 2 is 1.81 bits per heavy atom. The summed E-state index contributed by atoms with van der Waals surface area (Å²) in [6.45, 7) is 1.05. The van der Waals surface area contributed by atoms with Gasteiger partial charge in [-0.3, -0.25) is 19.5 Å². The molecule has 0 spiro atoms. The van der Waals surface area contributed by atoms with Gasteiger partial charge in [0.2, 0.25) is 11.8 Å². The molecule has 1 aromatic carbocycles. The number of ether oxygens (including phenoxy) is 1. The van der Waals surface area contributed by atoms with E-state index in [1.807, 2.05) is 0 Å². The van der Waals surface area contributed by atoms with Crippen molar-refractivity contribution in [2.45, 2.75) is 68.5 Å². The van der Waals surface area contributed by atoms with Gasteiger partial charge in [-0.2, -0.15) is 4.39 Å². The summed E-state index contributed by atoms with van der Waals surface area (Å²) in [5.41, 5.74) is -5.35. The van der Waals surface area contributed by atoms with E-state index in [4.69, 9.17) is 11.6 Å². The Morgan fingerprint density at radius 1 is 1.24 bits per heavy atom. The summed E-state index contributed by atoms with van der Waals surface area (Å²) in [6, 6.07) is 2.64. The highest BCUT2D eigenvalue weighted by molar-refractivity contribution is 6.32. The molecule has 0 unspecified atom stereocenters. The molecule has 0 bridgehead atoms. The zero-order chi connectivity index (χ0) is 28.0. The molecule has 1 saturated carbocycles. The fourth-order valence-electron chi connectivity index (χ4n) is 3.79. The van der Waals surface area contributed by atoms with Gasteiger partial charge in [0.1, 0.15) is 17.6 Å². The van der Waals surface area contributed by atoms with Gasteiger partial charge in [0.05, 0.1) is 6.42 Å². The van der Waals surface area contributed by atoms with Crippen LogP contribution in [0.4, 0.5) is 36.4 Å². The molecule has 0 aromatic heterocycles. The van der Waals surface area contributed by atoms with Crippen molar-refractivity contribution in [3.8, 4) is 5.75 Å². The molecule has 0 heterocycles. The Morgan fingerprint density at radius 3 is 2.30 bits per heavy atom. The first-order chi connectivity index (χ1) is 17.1. The zero-order valence-electron chi connectivity index (χ0n) is 19.7. The Balaban J connectivity index is 2.51. The zero-order valence-corrected chi connectivity index (χ0v) is 20.4. The SMILES string of the molecule is C/N=C\N=C(\F)C[C@](C)(C(=O)NC1CCC(F)(F)CC1)N(C(=O)[C@H](F)Cl)c1ccc(OC(F)(F)F)cc1. The number of nitrogens with one attached hydrogen (secondary N) is 1. The first-order valence-electron chi connectivity index (χ1n) is 10.9. The van der Waals surface area contributed by atoms with Gasteiger partial charge < -0.3 is 10.1 Å². The van der Waals surface area contributed by atoms with Gasteiger partial charge in [0.15, 0.2) is 5.97 Å². The van der Waals surface area contributed by atoms with Crippen LogP contribution in [-0.4, -0.2) is 60.7 Å². The number of carbonyl (C=O) groups excluding carboxylic acids is 2. The maximum absolute atomic E-state index is 14.7. The van der Waals surface area contributed by atoms with Crippen LogP contribution in [0.25, 0.3) is 0 Å². The number of rotatable bonds is 9. The van der Waals surface area contributed by atoms with E-state index in [1.165, 1.54) is 7.05 Å².